The fraction of sp³-hybridized carbons (Fsp3) is 0.433. The average Bonchev–Trinajstić information content (AvgIpc) is 3.63. The summed E-state index contributed by atoms with van der Waals surface area (Å²) in [5.41, 5.74) is 4.88. The number of benzene rings is 2. The van der Waals surface area contributed by atoms with Gasteiger partial charge in [0.2, 0.25) is 5.95 Å². The Kier molecular flexibility index (Phi) is 7.34. The van der Waals surface area contributed by atoms with E-state index in [1.165, 1.54) is 5.69 Å². The van der Waals surface area contributed by atoms with Crippen LogP contribution in [0.15, 0.2) is 36.4 Å². The quantitative estimate of drug-likeness (QED) is 0.258. The van der Waals surface area contributed by atoms with Crippen molar-refractivity contribution in [3.63, 3.8) is 0 Å². The summed E-state index contributed by atoms with van der Waals surface area (Å²) in [6.45, 7) is 4.79. The number of rotatable bonds is 10. The van der Waals surface area contributed by atoms with Gasteiger partial charge in [-0.15, -0.1) is 10.2 Å². The van der Waals surface area contributed by atoms with E-state index >= 15 is 0 Å². The number of aromatic nitrogens is 7. The molecule has 0 unspecified atom stereocenters. The van der Waals surface area contributed by atoms with Crippen molar-refractivity contribution in [3.05, 3.63) is 59.2 Å². The Bertz CT molecular complexity index is 1690. The number of fused-ring (bicyclic) bond motifs is 4. The van der Waals surface area contributed by atoms with Crippen LogP contribution >= 0.6 is 0 Å². The molecule has 1 atom stereocenters. The second-order valence-electron chi connectivity index (χ2n) is 10.8. The third-order valence-electron chi connectivity index (χ3n) is 7.87. The number of anilines is 1. The summed E-state index contributed by atoms with van der Waals surface area (Å²) in [4.78, 5) is 9.91. The Morgan fingerprint density at radius 1 is 1.02 bits per heavy atom. The van der Waals surface area contributed by atoms with Crippen LogP contribution in [0.4, 0.5) is 5.95 Å². The minimum atomic E-state index is 0.334. The second-order valence-corrected chi connectivity index (χ2v) is 10.8. The molecule has 1 aliphatic carbocycles. The molecule has 3 heterocycles. The van der Waals surface area contributed by atoms with Crippen LogP contribution in [-0.4, -0.2) is 55.9 Å². The van der Waals surface area contributed by atoms with Crippen molar-refractivity contribution in [1.82, 2.24) is 34.6 Å². The number of ether oxygens (including phenoxy) is 3. The van der Waals surface area contributed by atoms with Crippen molar-refractivity contribution in [2.24, 2.45) is 5.92 Å². The Morgan fingerprint density at radius 3 is 2.66 bits per heavy atom. The van der Waals surface area contributed by atoms with Crippen molar-refractivity contribution in [1.29, 1.82) is 0 Å². The Morgan fingerprint density at radius 2 is 1.88 bits per heavy atom. The monoisotopic (exact) mass is 556 g/mol. The lowest BCUT2D eigenvalue weighted by atomic mass is 9.86. The topological polar surface area (TPSA) is 114 Å². The third kappa shape index (κ3) is 5.12. The SMILES string of the molecule is COc1ccc(CNc2nc3c(OC)cccc3c3nc(CC[C@@H]4CCc5c(nnn5C(C)C)C4)nn23)c(OC)c1. The molecule has 0 aliphatic heterocycles. The zero-order valence-electron chi connectivity index (χ0n) is 24.2. The van der Waals surface area contributed by atoms with Gasteiger partial charge in [0.15, 0.2) is 11.5 Å². The first-order chi connectivity index (χ1) is 20.0. The van der Waals surface area contributed by atoms with Gasteiger partial charge in [-0.1, -0.05) is 11.3 Å². The zero-order chi connectivity index (χ0) is 28.5. The third-order valence-corrected chi connectivity index (χ3v) is 7.87. The maximum absolute atomic E-state index is 5.64. The molecule has 0 bridgehead atoms. The summed E-state index contributed by atoms with van der Waals surface area (Å²) in [6.07, 6.45) is 4.86. The molecule has 0 radical (unpaired) electrons. The van der Waals surface area contributed by atoms with Gasteiger partial charge in [-0.3, -0.25) is 0 Å². The number of para-hydroxylation sites is 1. The standard InChI is InChI=1S/C30H36N8O3/c1-18(2)37-24-13-9-19(15-23(24)34-36-37)10-14-27-32-29-22-7-6-8-25(40-4)28(22)33-30(38(29)35-27)31-17-20-11-12-21(39-3)16-26(20)41-5/h6-8,11-12,16,18-19H,9-10,13-15,17H2,1-5H3,(H,31,33)/t19-/m0/s1. The van der Waals surface area contributed by atoms with E-state index in [2.05, 4.69) is 34.2 Å². The lowest BCUT2D eigenvalue weighted by Gasteiger charge is -2.22. The number of hydrogen-bond acceptors (Lipinski definition) is 9. The van der Waals surface area contributed by atoms with Crippen LogP contribution in [-0.2, 0) is 25.8 Å². The lowest BCUT2D eigenvalue weighted by molar-refractivity contribution is 0.391. The predicted molar refractivity (Wildman–Crippen MR) is 156 cm³/mol. The van der Waals surface area contributed by atoms with Crippen molar-refractivity contribution in [2.75, 3.05) is 26.6 Å². The molecule has 1 N–H and O–H groups in total. The van der Waals surface area contributed by atoms with Crippen LogP contribution in [0.5, 0.6) is 17.2 Å². The highest BCUT2D eigenvalue weighted by molar-refractivity contribution is 5.95. The summed E-state index contributed by atoms with van der Waals surface area (Å²) < 4.78 is 20.5. The fourth-order valence-corrected chi connectivity index (χ4v) is 5.68. The molecule has 214 valence electrons. The molecule has 6 rings (SSSR count). The van der Waals surface area contributed by atoms with E-state index in [1.54, 1.807) is 25.8 Å². The number of nitrogens with zero attached hydrogens (tertiary/aromatic N) is 7. The molecule has 0 spiro atoms. The summed E-state index contributed by atoms with van der Waals surface area (Å²) in [6, 6.07) is 12.0. The number of methoxy groups -OCH3 is 3. The van der Waals surface area contributed by atoms with E-state index in [4.69, 9.17) is 29.3 Å². The van der Waals surface area contributed by atoms with Crippen LogP contribution in [0.1, 0.15) is 55.5 Å². The van der Waals surface area contributed by atoms with Gasteiger partial charge in [0, 0.05) is 36.0 Å². The average molecular weight is 557 g/mol. The smallest absolute Gasteiger partial charge is 0.226 e. The van der Waals surface area contributed by atoms with Crippen molar-refractivity contribution in [3.8, 4) is 17.2 Å². The number of aryl methyl sites for hydroxylation is 1. The van der Waals surface area contributed by atoms with Gasteiger partial charge in [-0.05, 0) is 69.7 Å². The first-order valence-corrected chi connectivity index (χ1v) is 14.1. The maximum Gasteiger partial charge on any atom is 0.226 e. The van der Waals surface area contributed by atoms with Gasteiger partial charge < -0.3 is 19.5 Å². The zero-order valence-corrected chi connectivity index (χ0v) is 24.2. The molecule has 0 amide bonds. The van der Waals surface area contributed by atoms with Gasteiger partial charge in [0.05, 0.1) is 32.7 Å². The van der Waals surface area contributed by atoms with Crippen LogP contribution in [0.3, 0.4) is 0 Å². The summed E-state index contributed by atoms with van der Waals surface area (Å²) in [7, 11) is 4.94. The van der Waals surface area contributed by atoms with Crippen LogP contribution in [0.25, 0.3) is 16.6 Å². The Balaban J connectivity index is 1.27. The molecule has 0 fully saturated rings. The van der Waals surface area contributed by atoms with Crippen LogP contribution in [0, 0.1) is 5.92 Å². The van der Waals surface area contributed by atoms with E-state index in [0.29, 0.717) is 30.2 Å². The molecule has 0 saturated carbocycles. The van der Waals surface area contributed by atoms with Gasteiger partial charge in [-0.2, -0.15) is 4.52 Å². The molecule has 41 heavy (non-hydrogen) atoms. The maximum atomic E-state index is 5.64. The normalized spacial score (nSPS) is 14.9. The highest BCUT2D eigenvalue weighted by atomic mass is 16.5. The minimum Gasteiger partial charge on any atom is -0.497 e. The summed E-state index contributed by atoms with van der Waals surface area (Å²) >= 11 is 0. The van der Waals surface area contributed by atoms with Crippen LogP contribution < -0.4 is 19.5 Å². The lowest BCUT2D eigenvalue weighted by Crippen LogP contribution is -2.18. The van der Waals surface area contributed by atoms with Crippen molar-refractivity contribution < 1.29 is 14.2 Å². The van der Waals surface area contributed by atoms with Crippen molar-refractivity contribution >= 4 is 22.5 Å². The van der Waals surface area contributed by atoms with E-state index in [9.17, 15) is 0 Å². The Labute approximate surface area is 238 Å². The van der Waals surface area contributed by atoms with Gasteiger partial charge in [0.25, 0.3) is 0 Å². The van der Waals surface area contributed by atoms with E-state index in [0.717, 1.165) is 77.2 Å². The second kappa shape index (κ2) is 11.2. The minimum absolute atomic E-state index is 0.334. The largest absolute Gasteiger partial charge is 0.497 e. The summed E-state index contributed by atoms with van der Waals surface area (Å²) in [5.74, 6) is 4.06. The Hall–Kier alpha value is -4.41. The molecule has 0 saturated heterocycles. The first kappa shape index (κ1) is 26.8. The van der Waals surface area contributed by atoms with Gasteiger partial charge in [-0.25, -0.2) is 14.6 Å². The predicted octanol–water partition coefficient (Wildman–Crippen LogP) is 4.83. The first-order valence-electron chi connectivity index (χ1n) is 14.1. The highest BCUT2D eigenvalue weighted by Crippen LogP contribution is 2.31. The van der Waals surface area contributed by atoms with E-state index in [1.807, 2.05) is 36.4 Å². The van der Waals surface area contributed by atoms with E-state index in [-0.39, 0.29) is 0 Å². The summed E-state index contributed by atoms with van der Waals surface area (Å²) in [5, 5.41) is 18.1. The molecule has 2 aromatic carbocycles. The molecule has 3 aromatic heterocycles. The van der Waals surface area contributed by atoms with Gasteiger partial charge in [0.1, 0.15) is 22.8 Å². The molecular weight excluding hydrogens is 520 g/mol. The number of nitrogens with one attached hydrogen (secondary N) is 1. The highest BCUT2D eigenvalue weighted by Gasteiger charge is 2.25. The fourth-order valence-electron chi connectivity index (χ4n) is 5.68. The number of hydrogen-bond donors (Lipinski definition) is 1. The van der Waals surface area contributed by atoms with Crippen LogP contribution in [0.2, 0.25) is 0 Å². The van der Waals surface area contributed by atoms with Gasteiger partial charge >= 0.3 is 0 Å². The molecule has 11 nitrogen and oxygen atoms in total. The molecular formula is C30H36N8O3. The van der Waals surface area contributed by atoms with Crippen molar-refractivity contribution in [2.45, 2.75) is 58.5 Å². The molecule has 1 aliphatic rings. The van der Waals surface area contributed by atoms with E-state index < -0.39 is 0 Å². The molecule has 11 heteroatoms. The molecule has 5 aromatic rings.